The number of carbonyl (C=O) groups is 3. The predicted molar refractivity (Wildman–Crippen MR) is 137 cm³/mol. The lowest BCUT2D eigenvalue weighted by Gasteiger charge is -2.30. The van der Waals surface area contributed by atoms with Crippen molar-refractivity contribution in [2.24, 2.45) is 0 Å². The Labute approximate surface area is 216 Å². The van der Waals surface area contributed by atoms with E-state index in [-0.39, 0.29) is 12.2 Å². The van der Waals surface area contributed by atoms with Gasteiger partial charge in [-0.1, -0.05) is 42.5 Å². The Balaban J connectivity index is 1.54. The normalized spacial score (nSPS) is 24.4. The fourth-order valence-electron chi connectivity index (χ4n) is 4.56. The predicted octanol–water partition coefficient (Wildman–Crippen LogP) is 0.921. The molecular formula is C28H35N3O6. The molecule has 0 saturated carbocycles. The van der Waals surface area contributed by atoms with Gasteiger partial charge >= 0.3 is 0 Å². The number of epoxide rings is 1. The first-order chi connectivity index (χ1) is 17.8. The molecule has 2 aromatic rings. The number of methoxy groups -OCH3 is 1. The van der Waals surface area contributed by atoms with Gasteiger partial charge in [-0.2, -0.15) is 0 Å². The van der Waals surface area contributed by atoms with Crippen LogP contribution in [0.4, 0.5) is 0 Å². The first-order valence-electron chi connectivity index (χ1n) is 12.7. The Morgan fingerprint density at radius 3 is 2.32 bits per heavy atom. The van der Waals surface area contributed by atoms with Crippen molar-refractivity contribution in [3.63, 3.8) is 0 Å². The highest BCUT2D eigenvalue weighted by Gasteiger charge is 2.50. The highest BCUT2D eigenvalue weighted by atomic mass is 16.6. The standard InChI is InChI=1S/C28H35N3O6/c1-28(17-37-28)25(33)21(15-18-7-4-3-5-8-18)30-26(34)22(16-19-10-12-20(36-2)13-11-19)31-27(35)24-23(32)9-6-14-29-24/h3-5,7-8,10-13,21-24,29,32H,6,9,14-17H2,1-2H3,(H,30,34)(H,31,35)/t21-,22?,23?,24?,28?/m0/s1. The second-order valence-electron chi connectivity index (χ2n) is 9.89. The van der Waals surface area contributed by atoms with Crippen LogP contribution < -0.4 is 20.7 Å². The quantitative estimate of drug-likeness (QED) is 0.332. The van der Waals surface area contributed by atoms with Crippen molar-refractivity contribution < 1.29 is 29.0 Å². The van der Waals surface area contributed by atoms with E-state index in [0.717, 1.165) is 17.5 Å². The average Bonchev–Trinajstić information content (AvgIpc) is 3.67. The number of nitrogens with one attached hydrogen (secondary N) is 3. The number of piperidine rings is 1. The molecule has 0 aliphatic carbocycles. The molecule has 9 nitrogen and oxygen atoms in total. The molecule has 2 saturated heterocycles. The van der Waals surface area contributed by atoms with Gasteiger partial charge in [-0.25, -0.2) is 0 Å². The van der Waals surface area contributed by atoms with Gasteiger partial charge in [0, 0.05) is 6.42 Å². The molecule has 2 aliphatic heterocycles. The number of aliphatic hydroxyl groups is 1. The van der Waals surface area contributed by atoms with E-state index in [1.165, 1.54) is 0 Å². The van der Waals surface area contributed by atoms with Gasteiger partial charge in [-0.15, -0.1) is 0 Å². The van der Waals surface area contributed by atoms with Gasteiger partial charge in [-0.05, 0) is 56.0 Å². The van der Waals surface area contributed by atoms with Crippen molar-refractivity contribution in [1.82, 2.24) is 16.0 Å². The van der Waals surface area contributed by atoms with E-state index in [0.29, 0.717) is 31.7 Å². The fraction of sp³-hybridized carbons (Fsp3) is 0.464. The van der Waals surface area contributed by atoms with Gasteiger partial charge in [0.25, 0.3) is 0 Å². The van der Waals surface area contributed by atoms with E-state index in [2.05, 4.69) is 16.0 Å². The smallest absolute Gasteiger partial charge is 0.243 e. The summed E-state index contributed by atoms with van der Waals surface area (Å²) in [7, 11) is 1.57. The molecular weight excluding hydrogens is 474 g/mol. The summed E-state index contributed by atoms with van der Waals surface area (Å²) in [4.78, 5) is 39.9. The monoisotopic (exact) mass is 509 g/mol. The number of Topliss-reactive ketones (excluding diaryl/α,β-unsaturated/α-hetero) is 1. The maximum Gasteiger partial charge on any atom is 0.243 e. The molecule has 0 spiro atoms. The Morgan fingerprint density at radius 1 is 1.05 bits per heavy atom. The van der Waals surface area contributed by atoms with Crippen LogP contribution in [-0.4, -0.2) is 72.8 Å². The van der Waals surface area contributed by atoms with Crippen LogP contribution in [-0.2, 0) is 32.0 Å². The first kappa shape index (κ1) is 26.8. The van der Waals surface area contributed by atoms with Crippen LogP contribution in [0, 0.1) is 0 Å². The van der Waals surface area contributed by atoms with Crippen LogP contribution in [0.1, 0.15) is 30.9 Å². The van der Waals surface area contributed by atoms with Gasteiger partial charge in [0.1, 0.15) is 23.4 Å². The highest BCUT2D eigenvalue weighted by molar-refractivity contribution is 5.98. The van der Waals surface area contributed by atoms with Crippen LogP contribution in [0.3, 0.4) is 0 Å². The molecule has 0 bridgehead atoms. The number of benzene rings is 2. The summed E-state index contributed by atoms with van der Waals surface area (Å²) in [5.41, 5.74) is 0.787. The third kappa shape index (κ3) is 6.94. The topological polar surface area (TPSA) is 129 Å². The van der Waals surface area contributed by atoms with Crippen LogP contribution in [0.2, 0.25) is 0 Å². The maximum absolute atomic E-state index is 13.6. The molecule has 9 heteroatoms. The lowest BCUT2D eigenvalue weighted by molar-refractivity contribution is -0.134. The Morgan fingerprint density at radius 2 is 1.70 bits per heavy atom. The van der Waals surface area contributed by atoms with Crippen LogP contribution in [0.15, 0.2) is 54.6 Å². The molecule has 37 heavy (non-hydrogen) atoms. The number of hydrogen-bond donors (Lipinski definition) is 4. The highest BCUT2D eigenvalue weighted by Crippen LogP contribution is 2.29. The zero-order valence-corrected chi connectivity index (χ0v) is 21.2. The average molecular weight is 510 g/mol. The summed E-state index contributed by atoms with van der Waals surface area (Å²) in [6, 6.07) is 14.1. The van der Waals surface area contributed by atoms with Crippen molar-refractivity contribution >= 4 is 17.6 Å². The summed E-state index contributed by atoms with van der Waals surface area (Å²) in [6.45, 7) is 2.63. The van der Waals surface area contributed by atoms with Crippen LogP contribution in [0.5, 0.6) is 5.75 Å². The SMILES string of the molecule is COc1ccc(CC(NC(=O)C2NCCCC2O)C(=O)N[C@@H](Cc2ccccc2)C(=O)C2(C)CO2)cc1. The minimum absolute atomic E-state index is 0.199. The molecule has 4 unspecified atom stereocenters. The summed E-state index contributed by atoms with van der Waals surface area (Å²) in [5.74, 6) is -0.463. The third-order valence-corrected chi connectivity index (χ3v) is 6.95. The molecule has 2 fully saturated rings. The molecule has 4 rings (SSSR count). The number of aliphatic hydroxyl groups excluding tert-OH is 1. The fourth-order valence-corrected chi connectivity index (χ4v) is 4.56. The van der Waals surface area contributed by atoms with Gasteiger partial charge in [-0.3, -0.25) is 14.4 Å². The first-order valence-corrected chi connectivity index (χ1v) is 12.7. The Kier molecular flexibility index (Phi) is 8.58. The van der Waals surface area contributed by atoms with E-state index in [9.17, 15) is 19.5 Å². The van der Waals surface area contributed by atoms with Crippen LogP contribution in [0.25, 0.3) is 0 Å². The van der Waals surface area contributed by atoms with Crippen molar-refractivity contribution in [2.75, 3.05) is 20.3 Å². The van der Waals surface area contributed by atoms with Crippen molar-refractivity contribution in [3.8, 4) is 5.75 Å². The molecule has 198 valence electrons. The minimum Gasteiger partial charge on any atom is -0.497 e. The number of rotatable bonds is 11. The second kappa shape index (κ2) is 11.9. The molecule has 4 N–H and O–H groups in total. The van der Waals surface area contributed by atoms with E-state index in [1.54, 1.807) is 26.2 Å². The Hall–Kier alpha value is -3.27. The lowest BCUT2D eigenvalue weighted by Crippen LogP contribution is -2.60. The summed E-state index contributed by atoms with van der Waals surface area (Å²) in [6.07, 6.45) is 0.941. The number of ketones is 1. The summed E-state index contributed by atoms with van der Waals surface area (Å²) >= 11 is 0. The van der Waals surface area contributed by atoms with Crippen molar-refractivity contribution in [2.45, 2.75) is 62.4 Å². The lowest BCUT2D eigenvalue weighted by atomic mass is 9.94. The minimum atomic E-state index is -0.962. The van der Waals surface area contributed by atoms with E-state index >= 15 is 0 Å². The van der Waals surface area contributed by atoms with Gasteiger partial charge in [0.2, 0.25) is 11.8 Å². The number of hydrogen-bond acceptors (Lipinski definition) is 7. The number of carbonyl (C=O) groups excluding carboxylic acids is 3. The summed E-state index contributed by atoms with van der Waals surface area (Å²) in [5, 5.41) is 19.0. The molecule has 2 aromatic carbocycles. The van der Waals surface area contributed by atoms with Crippen molar-refractivity contribution in [1.29, 1.82) is 0 Å². The molecule has 2 heterocycles. The van der Waals surface area contributed by atoms with Gasteiger partial charge in [0.05, 0.1) is 25.9 Å². The van der Waals surface area contributed by atoms with Gasteiger partial charge in [0.15, 0.2) is 5.78 Å². The van der Waals surface area contributed by atoms with Gasteiger partial charge < -0.3 is 30.5 Å². The largest absolute Gasteiger partial charge is 0.497 e. The van der Waals surface area contributed by atoms with Crippen molar-refractivity contribution in [3.05, 3.63) is 65.7 Å². The number of ether oxygens (including phenoxy) is 2. The molecule has 0 aromatic heterocycles. The van der Waals surface area contributed by atoms with E-state index in [1.807, 2.05) is 42.5 Å². The van der Waals surface area contributed by atoms with E-state index < -0.39 is 41.6 Å². The number of amides is 2. The second-order valence-corrected chi connectivity index (χ2v) is 9.89. The van der Waals surface area contributed by atoms with E-state index in [4.69, 9.17) is 9.47 Å². The van der Waals surface area contributed by atoms with Crippen LogP contribution >= 0.6 is 0 Å². The molecule has 2 aliphatic rings. The molecule has 0 radical (unpaired) electrons. The zero-order valence-electron chi connectivity index (χ0n) is 21.2. The Bertz CT molecular complexity index is 1090. The third-order valence-electron chi connectivity index (χ3n) is 6.95. The zero-order chi connectivity index (χ0) is 26.4. The summed E-state index contributed by atoms with van der Waals surface area (Å²) < 4.78 is 10.6. The maximum atomic E-state index is 13.6. The molecule has 5 atom stereocenters. The molecule has 2 amide bonds.